The van der Waals surface area contributed by atoms with Crippen LogP contribution in [-0.4, -0.2) is 18.2 Å². The normalized spacial score (nSPS) is 11.4. The molecule has 6 nitrogen and oxygen atoms in total. The van der Waals surface area contributed by atoms with Gasteiger partial charge in [-0.3, -0.25) is 9.52 Å². The van der Waals surface area contributed by atoms with E-state index >= 15 is 0 Å². The number of para-hydroxylation sites is 1. The molecule has 0 unspecified atom stereocenters. The van der Waals surface area contributed by atoms with Crippen molar-refractivity contribution < 1.29 is 12.8 Å². The van der Waals surface area contributed by atoms with Gasteiger partial charge >= 0.3 is 0 Å². The van der Waals surface area contributed by atoms with E-state index in [4.69, 9.17) is 0 Å². The van der Waals surface area contributed by atoms with Crippen LogP contribution in [0.5, 0.6) is 0 Å². The topological polar surface area (TPSA) is 81.1 Å². The van der Waals surface area contributed by atoms with Crippen molar-refractivity contribution in [2.45, 2.75) is 4.21 Å². The van der Waals surface area contributed by atoms with Crippen molar-refractivity contribution in [3.05, 3.63) is 64.0 Å². The Balaban J connectivity index is 1.93. The number of nitrogens with one attached hydrogen (secondary N) is 1. The van der Waals surface area contributed by atoms with Crippen LogP contribution in [0.4, 0.5) is 10.1 Å². The van der Waals surface area contributed by atoms with Gasteiger partial charge in [0.25, 0.3) is 15.6 Å². The quantitative estimate of drug-likeness (QED) is 0.770. The van der Waals surface area contributed by atoms with Gasteiger partial charge in [-0.1, -0.05) is 12.1 Å². The standard InChI is InChI=1S/C15H12FN3O3S2/c1-19-14(20)7-6-12(17-19)10-8-15(23-9-10)24(21,22)18-13-5-3-2-4-11(13)16/h2-9,18H,1H3. The summed E-state index contributed by atoms with van der Waals surface area (Å²) in [6, 6.07) is 9.83. The minimum atomic E-state index is -3.91. The molecular weight excluding hydrogens is 353 g/mol. The van der Waals surface area contributed by atoms with Crippen LogP contribution in [0.3, 0.4) is 0 Å². The monoisotopic (exact) mass is 365 g/mol. The Morgan fingerprint density at radius 1 is 1.21 bits per heavy atom. The number of hydrogen-bond acceptors (Lipinski definition) is 5. The van der Waals surface area contributed by atoms with Crippen LogP contribution in [0.15, 0.2) is 56.8 Å². The molecule has 0 aliphatic rings. The van der Waals surface area contributed by atoms with Crippen LogP contribution >= 0.6 is 11.3 Å². The lowest BCUT2D eigenvalue weighted by molar-refractivity contribution is 0.600. The molecular formula is C15H12FN3O3S2. The largest absolute Gasteiger partial charge is 0.276 e. The third kappa shape index (κ3) is 3.22. The summed E-state index contributed by atoms with van der Waals surface area (Å²) >= 11 is 0.986. The van der Waals surface area contributed by atoms with E-state index in [9.17, 15) is 17.6 Å². The van der Waals surface area contributed by atoms with E-state index in [1.165, 1.54) is 54.2 Å². The first-order valence-electron chi connectivity index (χ1n) is 6.77. The Hall–Kier alpha value is -2.52. The fourth-order valence-corrected chi connectivity index (χ4v) is 4.23. The Labute approximate surface area is 141 Å². The van der Waals surface area contributed by atoms with Crippen molar-refractivity contribution in [1.82, 2.24) is 9.78 Å². The molecule has 0 radical (unpaired) electrons. The van der Waals surface area contributed by atoms with E-state index in [2.05, 4.69) is 9.82 Å². The number of hydrogen-bond donors (Lipinski definition) is 1. The first-order chi connectivity index (χ1) is 11.4. The molecule has 9 heteroatoms. The number of sulfonamides is 1. The number of rotatable bonds is 4. The Bertz CT molecular complexity index is 1060. The number of thiophene rings is 1. The van der Waals surface area contributed by atoms with Crippen molar-refractivity contribution in [3.63, 3.8) is 0 Å². The molecule has 1 N–H and O–H groups in total. The second-order valence-corrected chi connectivity index (χ2v) is 7.74. The number of aryl methyl sites for hydroxylation is 1. The van der Waals surface area contributed by atoms with E-state index < -0.39 is 15.8 Å². The molecule has 0 bridgehead atoms. The summed E-state index contributed by atoms with van der Waals surface area (Å²) < 4.78 is 41.8. The van der Waals surface area contributed by atoms with Crippen molar-refractivity contribution in [2.24, 2.45) is 7.05 Å². The van der Waals surface area contributed by atoms with Crippen molar-refractivity contribution in [2.75, 3.05) is 4.72 Å². The van der Waals surface area contributed by atoms with Gasteiger partial charge in [0.05, 0.1) is 11.4 Å². The molecule has 3 rings (SSSR count). The maximum atomic E-state index is 13.6. The van der Waals surface area contributed by atoms with Gasteiger partial charge in [0.15, 0.2) is 0 Å². The predicted octanol–water partition coefficient (Wildman–Crippen LogP) is 2.45. The minimum absolute atomic E-state index is 0.0245. The molecule has 0 amide bonds. The van der Waals surface area contributed by atoms with E-state index in [1.54, 1.807) is 5.38 Å². The van der Waals surface area contributed by atoms with Crippen molar-refractivity contribution in [3.8, 4) is 11.3 Å². The van der Waals surface area contributed by atoms with Crippen LogP contribution < -0.4 is 10.3 Å². The van der Waals surface area contributed by atoms with Crippen LogP contribution in [0.25, 0.3) is 11.3 Å². The molecule has 0 saturated heterocycles. The zero-order valence-corrected chi connectivity index (χ0v) is 14.1. The van der Waals surface area contributed by atoms with Gasteiger partial charge in [-0.2, -0.15) is 5.10 Å². The number of nitrogens with zero attached hydrogens (tertiary/aromatic N) is 2. The lowest BCUT2D eigenvalue weighted by Crippen LogP contribution is -2.18. The number of benzene rings is 1. The fourth-order valence-electron chi connectivity index (χ4n) is 1.99. The Morgan fingerprint density at radius 2 is 1.96 bits per heavy atom. The maximum absolute atomic E-state index is 13.6. The molecule has 2 heterocycles. The molecule has 0 saturated carbocycles. The lowest BCUT2D eigenvalue weighted by Gasteiger charge is -2.06. The fraction of sp³-hybridized carbons (Fsp3) is 0.0667. The van der Waals surface area contributed by atoms with Gasteiger partial charge in [-0.15, -0.1) is 11.3 Å². The van der Waals surface area contributed by atoms with Gasteiger partial charge in [0, 0.05) is 24.1 Å². The first kappa shape index (κ1) is 16.3. The highest BCUT2D eigenvalue weighted by atomic mass is 32.2. The summed E-state index contributed by atoms with van der Waals surface area (Å²) in [6.07, 6.45) is 0. The smallest absolute Gasteiger partial charge is 0.271 e. The van der Waals surface area contributed by atoms with E-state index in [0.717, 1.165) is 11.3 Å². The van der Waals surface area contributed by atoms with Gasteiger partial charge in [-0.05, 0) is 24.3 Å². The minimum Gasteiger partial charge on any atom is -0.276 e. The highest BCUT2D eigenvalue weighted by Crippen LogP contribution is 2.28. The van der Waals surface area contributed by atoms with Gasteiger partial charge in [-0.25, -0.2) is 17.5 Å². The number of anilines is 1. The summed E-state index contributed by atoms with van der Waals surface area (Å²) in [5.41, 5.74) is 0.654. The average Bonchev–Trinajstić information content (AvgIpc) is 3.03. The third-order valence-corrected chi connectivity index (χ3v) is 6.02. The van der Waals surface area contributed by atoms with Gasteiger partial charge in [0.1, 0.15) is 10.0 Å². The van der Waals surface area contributed by atoms with Crippen LogP contribution in [-0.2, 0) is 17.1 Å². The lowest BCUT2D eigenvalue weighted by atomic mass is 10.2. The zero-order valence-electron chi connectivity index (χ0n) is 12.4. The molecule has 3 aromatic rings. The molecule has 2 aromatic heterocycles. The third-order valence-electron chi connectivity index (χ3n) is 3.21. The summed E-state index contributed by atoms with van der Waals surface area (Å²) in [5, 5.41) is 5.69. The molecule has 124 valence electrons. The van der Waals surface area contributed by atoms with E-state index in [-0.39, 0.29) is 15.5 Å². The number of aromatic nitrogens is 2. The average molecular weight is 365 g/mol. The van der Waals surface area contributed by atoms with Crippen LogP contribution in [0.1, 0.15) is 0 Å². The summed E-state index contributed by atoms with van der Waals surface area (Å²) in [5.74, 6) is -0.655. The van der Waals surface area contributed by atoms with Crippen molar-refractivity contribution in [1.29, 1.82) is 0 Å². The highest BCUT2D eigenvalue weighted by Gasteiger charge is 2.19. The van der Waals surface area contributed by atoms with Crippen LogP contribution in [0, 0.1) is 5.82 Å². The first-order valence-corrected chi connectivity index (χ1v) is 9.14. The Morgan fingerprint density at radius 3 is 2.67 bits per heavy atom. The Kier molecular flexibility index (Phi) is 4.20. The van der Waals surface area contributed by atoms with Crippen LogP contribution in [0.2, 0.25) is 0 Å². The zero-order chi connectivity index (χ0) is 17.3. The second-order valence-electron chi connectivity index (χ2n) is 4.92. The molecule has 0 aliphatic heterocycles. The highest BCUT2D eigenvalue weighted by molar-refractivity contribution is 7.94. The molecule has 0 spiro atoms. The van der Waals surface area contributed by atoms with E-state index in [1.807, 2.05) is 0 Å². The maximum Gasteiger partial charge on any atom is 0.271 e. The summed E-state index contributed by atoms with van der Waals surface area (Å²) in [4.78, 5) is 11.4. The second kappa shape index (κ2) is 6.17. The van der Waals surface area contributed by atoms with Crippen molar-refractivity contribution >= 4 is 27.0 Å². The molecule has 0 fully saturated rings. The SMILES string of the molecule is Cn1nc(-c2csc(S(=O)(=O)Nc3ccccc3F)c2)ccc1=O. The van der Waals surface area contributed by atoms with Gasteiger partial charge in [0.2, 0.25) is 0 Å². The molecule has 0 atom stereocenters. The molecule has 1 aromatic carbocycles. The molecule has 24 heavy (non-hydrogen) atoms. The summed E-state index contributed by atoms with van der Waals surface area (Å²) in [6.45, 7) is 0. The summed E-state index contributed by atoms with van der Waals surface area (Å²) in [7, 11) is -2.40. The van der Waals surface area contributed by atoms with Gasteiger partial charge < -0.3 is 0 Å². The van der Waals surface area contributed by atoms with E-state index in [0.29, 0.717) is 11.3 Å². The number of halogens is 1. The molecule has 0 aliphatic carbocycles. The predicted molar refractivity (Wildman–Crippen MR) is 90.0 cm³/mol.